The number of amides is 1. The Morgan fingerprint density at radius 2 is 1.20 bits per heavy atom. The van der Waals surface area contributed by atoms with Gasteiger partial charge in [0.1, 0.15) is 0 Å². The van der Waals surface area contributed by atoms with Crippen molar-refractivity contribution in [2.24, 2.45) is 0 Å². The maximum atomic E-state index is 10.5. The molecule has 0 aromatic heterocycles. The minimum atomic E-state index is -0.412. The van der Waals surface area contributed by atoms with Crippen LogP contribution in [0.5, 0.6) is 0 Å². The molecule has 0 radical (unpaired) electrons. The molecule has 0 bridgehead atoms. The van der Waals surface area contributed by atoms with E-state index in [4.69, 9.17) is 0 Å². The summed E-state index contributed by atoms with van der Waals surface area (Å²) in [5.41, 5.74) is 0. The molecular weight excluding hydrogens is 269 g/mol. The number of nitrogens with zero attached hydrogens (tertiary/aromatic N) is 2. The maximum absolute atomic E-state index is 10.5. The second-order valence-electron chi connectivity index (χ2n) is 6.30. The molecule has 0 aliphatic rings. The van der Waals surface area contributed by atoms with Crippen LogP contribution in [0.15, 0.2) is 0 Å². The van der Waals surface area contributed by atoms with E-state index in [1.54, 1.807) is 0 Å². The molecule has 0 aliphatic carbocycles. The average molecular weight is 303 g/mol. The average Bonchev–Trinajstić information content (AvgIpc) is 2.26. The fourth-order valence-electron chi connectivity index (χ4n) is 2.83. The molecule has 1 amide bonds. The van der Waals surface area contributed by atoms with E-state index in [1.165, 1.54) is 0 Å². The van der Waals surface area contributed by atoms with Crippen LogP contribution in [0.1, 0.15) is 55.4 Å². The lowest BCUT2D eigenvalue weighted by Gasteiger charge is -2.47. The number of hydrogen-bond acceptors (Lipinski definition) is 3. The van der Waals surface area contributed by atoms with Gasteiger partial charge < -0.3 is 5.32 Å². The maximum Gasteiger partial charge on any atom is 0.207 e. The second kappa shape index (κ2) is 9.70. The van der Waals surface area contributed by atoms with Crippen LogP contribution >= 0.6 is 8.22 Å². The fraction of sp³-hybridized carbons (Fsp3) is 0.933. The van der Waals surface area contributed by atoms with Crippen molar-refractivity contribution in [2.45, 2.75) is 79.6 Å². The molecule has 0 heterocycles. The molecule has 0 saturated carbocycles. The summed E-state index contributed by atoms with van der Waals surface area (Å²) in [4.78, 5) is 10.5. The number of nitrogens with one attached hydrogen (secondary N) is 1. The van der Waals surface area contributed by atoms with E-state index in [9.17, 15) is 4.79 Å². The van der Waals surface area contributed by atoms with Crippen LogP contribution in [0, 0.1) is 0 Å². The lowest BCUT2D eigenvalue weighted by molar-refractivity contribution is -0.109. The molecular formula is C15H34N3OP. The molecule has 0 aromatic rings. The SMILES string of the molecule is CC(C)N(C(C)C)P(CCNC=O)N(C(C)C)C(C)C. The molecule has 20 heavy (non-hydrogen) atoms. The molecule has 0 spiro atoms. The zero-order chi connectivity index (χ0) is 15.9. The van der Waals surface area contributed by atoms with Crippen LogP contribution in [0.3, 0.4) is 0 Å². The molecule has 0 aliphatic heterocycles. The number of carbonyl (C=O) groups excluding carboxylic acids is 1. The van der Waals surface area contributed by atoms with Crippen LogP contribution in [0.25, 0.3) is 0 Å². The Labute approximate surface area is 127 Å². The van der Waals surface area contributed by atoms with Gasteiger partial charge in [0.2, 0.25) is 6.41 Å². The zero-order valence-corrected chi connectivity index (χ0v) is 15.4. The van der Waals surface area contributed by atoms with E-state index in [2.05, 4.69) is 70.0 Å². The topological polar surface area (TPSA) is 35.6 Å². The summed E-state index contributed by atoms with van der Waals surface area (Å²) in [6, 6.07) is 2.05. The van der Waals surface area contributed by atoms with Crippen LogP contribution in [-0.2, 0) is 4.79 Å². The van der Waals surface area contributed by atoms with Gasteiger partial charge in [-0.15, -0.1) is 0 Å². The highest BCUT2D eigenvalue weighted by Gasteiger charge is 2.31. The van der Waals surface area contributed by atoms with Crippen LogP contribution in [-0.4, -0.2) is 52.6 Å². The lowest BCUT2D eigenvalue weighted by Crippen LogP contribution is -2.44. The predicted octanol–water partition coefficient (Wildman–Crippen LogP) is 3.28. The summed E-state index contributed by atoms with van der Waals surface area (Å²) in [6.45, 7) is 18.9. The summed E-state index contributed by atoms with van der Waals surface area (Å²) in [6.07, 6.45) is 1.82. The summed E-state index contributed by atoms with van der Waals surface area (Å²) in [5, 5.41) is 2.83. The summed E-state index contributed by atoms with van der Waals surface area (Å²) in [7, 11) is -0.412. The number of carbonyl (C=O) groups is 1. The summed E-state index contributed by atoms with van der Waals surface area (Å²) in [5.74, 6) is 0. The van der Waals surface area contributed by atoms with Gasteiger partial charge in [0.05, 0.1) is 0 Å². The summed E-state index contributed by atoms with van der Waals surface area (Å²) >= 11 is 0. The van der Waals surface area contributed by atoms with Crippen molar-refractivity contribution in [2.75, 3.05) is 12.7 Å². The first-order valence-corrected chi connectivity index (χ1v) is 9.18. The van der Waals surface area contributed by atoms with E-state index in [0.29, 0.717) is 24.2 Å². The van der Waals surface area contributed by atoms with Crippen LogP contribution < -0.4 is 5.32 Å². The third-order valence-electron chi connectivity index (χ3n) is 3.19. The van der Waals surface area contributed by atoms with Crippen LogP contribution in [0.4, 0.5) is 0 Å². The van der Waals surface area contributed by atoms with Gasteiger partial charge in [-0.2, -0.15) is 0 Å². The van der Waals surface area contributed by atoms with Gasteiger partial charge in [0.15, 0.2) is 0 Å². The quantitative estimate of drug-likeness (QED) is 0.382. The lowest BCUT2D eigenvalue weighted by atomic mass is 10.3. The van der Waals surface area contributed by atoms with Crippen molar-refractivity contribution in [3.8, 4) is 0 Å². The molecule has 4 nitrogen and oxygen atoms in total. The largest absolute Gasteiger partial charge is 0.358 e. The Morgan fingerprint density at radius 3 is 1.45 bits per heavy atom. The Morgan fingerprint density at radius 1 is 0.850 bits per heavy atom. The highest BCUT2D eigenvalue weighted by Crippen LogP contribution is 2.49. The Kier molecular flexibility index (Phi) is 9.61. The normalized spacial score (nSPS) is 12.8. The van der Waals surface area contributed by atoms with E-state index in [0.717, 1.165) is 19.1 Å². The van der Waals surface area contributed by atoms with Gasteiger partial charge in [-0.1, -0.05) is 0 Å². The van der Waals surface area contributed by atoms with Gasteiger partial charge in [0.25, 0.3) is 0 Å². The Hall–Kier alpha value is -0.180. The second-order valence-corrected chi connectivity index (χ2v) is 8.42. The Bertz CT molecular complexity index is 234. The zero-order valence-electron chi connectivity index (χ0n) is 14.6. The molecule has 0 atom stereocenters. The molecule has 120 valence electrons. The third kappa shape index (κ3) is 6.07. The fourth-order valence-corrected chi connectivity index (χ4v) is 5.99. The third-order valence-corrected chi connectivity index (χ3v) is 6.73. The summed E-state index contributed by atoms with van der Waals surface area (Å²) < 4.78 is 5.23. The van der Waals surface area contributed by atoms with E-state index >= 15 is 0 Å². The molecule has 5 heteroatoms. The highest BCUT2D eigenvalue weighted by molar-refractivity contribution is 7.52. The molecule has 1 N–H and O–H groups in total. The van der Waals surface area contributed by atoms with Crippen molar-refractivity contribution in [1.82, 2.24) is 14.7 Å². The number of hydrogen-bond donors (Lipinski definition) is 1. The number of rotatable bonds is 10. The smallest absolute Gasteiger partial charge is 0.207 e. The molecule has 0 fully saturated rings. The van der Waals surface area contributed by atoms with E-state index in [-0.39, 0.29) is 0 Å². The van der Waals surface area contributed by atoms with Crippen molar-refractivity contribution >= 4 is 14.6 Å². The molecule has 0 saturated heterocycles. The molecule has 0 aromatic carbocycles. The van der Waals surface area contributed by atoms with Gasteiger partial charge in [0, 0.05) is 45.1 Å². The first-order chi connectivity index (χ1) is 9.23. The minimum Gasteiger partial charge on any atom is -0.358 e. The molecule has 0 unspecified atom stereocenters. The van der Waals surface area contributed by atoms with Gasteiger partial charge in [-0.3, -0.25) is 14.1 Å². The highest BCUT2D eigenvalue weighted by atomic mass is 31.1. The first kappa shape index (κ1) is 19.8. The van der Waals surface area contributed by atoms with Gasteiger partial charge >= 0.3 is 0 Å². The van der Waals surface area contributed by atoms with Crippen molar-refractivity contribution in [3.05, 3.63) is 0 Å². The van der Waals surface area contributed by atoms with Gasteiger partial charge in [-0.25, -0.2) is 0 Å². The van der Waals surface area contributed by atoms with Gasteiger partial charge in [-0.05, 0) is 55.4 Å². The van der Waals surface area contributed by atoms with Crippen molar-refractivity contribution in [1.29, 1.82) is 0 Å². The van der Waals surface area contributed by atoms with E-state index in [1.807, 2.05) is 0 Å². The van der Waals surface area contributed by atoms with Crippen molar-refractivity contribution in [3.63, 3.8) is 0 Å². The monoisotopic (exact) mass is 303 g/mol. The standard InChI is InChI=1S/C15H34N3OP/c1-12(2)17(13(3)4)20(10-9-16-11-19)18(14(5)6)15(7)8/h11-15H,9-10H2,1-8H3,(H,16,19). The first-order valence-electron chi connectivity index (χ1n) is 7.75. The Balaban J connectivity index is 5.24. The minimum absolute atomic E-state index is 0.412. The van der Waals surface area contributed by atoms with Crippen molar-refractivity contribution < 1.29 is 4.79 Å². The predicted molar refractivity (Wildman–Crippen MR) is 90.1 cm³/mol. The van der Waals surface area contributed by atoms with E-state index < -0.39 is 8.22 Å². The van der Waals surface area contributed by atoms with Crippen LogP contribution in [0.2, 0.25) is 0 Å². The molecule has 0 rings (SSSR count).